The van der Waals surface area contributed by atoms with E-state index < -0.39 is 0 Å². The molecule has 0 heterocycles. The fourth-order valence-electron chi connectivity index (χ4n) is 2.58. The number of benzene rings is 2. The maximum atomic E-state index is 9.68. The highest BCUT2D eigenvalue weighted by atomic mass is 16.5. The Bertz CT molecular complexity index is 684. The van der Waals surface area contributed by atoms with Crippen LogP contribution in [0.25, 0.3) is 0 Å². The fraction of sp³-hybridized carbons (Fsp3) is 0.300. The molecule has 0 saturated carbocycles. The number of hydrogen-bond donors (Lipinski definition) is 2. The number of ether oxygens (including phenoxy) is 2. The number of hydrogen-bond acceptors (Lipinski definition) is 4. The molecule has 2 aromatic carbocycles. The molecule has 2 rings (SSSR count). The van der Waals surface area contributed by atoms with E-state index in [1.54, 1.807) is 26.4 Å². The van der Waals surface area contributed by atoms with E-state index >= 15 is 0 Å². The van der Waals surface area contributed by atoms with Crippen molar-refractivity contribution in [3.05, 3.63) is 58.7 Å². The Morgan fingerprint density at radius 1 is 0.750 bits per heavy atom. The number of allylic oxidation sites excluding steroid dienone is 2. The van der Waals surface area contributed by atoms with Gasteiger partial charge < -0.3 is 19.7 Å². The molecule has 0 amide bonds. The van der Waals surface area contributed by atoms with Gasteiger partial charge in [0.1, 0.15) is 0 Å². The van der Waals surface area contributed by atoms with Crippen LogP contribution < -0.4 is 9.47 Å². The maximum absolute atomic E-state index is 9.68. The number of aromatic hydroxyl groups is 2. The van der Waals surface area contributed by atoms with Crippen molar-refractivity contribution in [2.75, 3.05) is 14.2 Å². The van der Waals surface area contributed by atoms with Crippen LogP contribution in [0.3, 0.4) is 0 Å². The van der Waals surface area contributed by atoms with Crippen molar-refractivity contribution >= 4 is 0 Å². The summed E-state index contributed by atoms with van der Waals surface area (Å²) >= 11 is 0. The van der Waals surface area contributed by atoms with Gasteiger partial charge in [0.2, 0.25) is 0 Å². The second-order valence-electron chi connectivity index (χ2n) is 5.93. The minimum absolute atomic E-state index is 0.149. The standard InChI is InChI=1S/C20H24O4/c1-13(9-15-5-7-17(21)19(11-15)23-3)14(2)10-16-6-8-18(22)20(12-16)24-4/h5-8,11-12,21-22H,9-10H2,1-4H3. The largest absolute Gasteiger partial charge is 0.504 e. The zero-order chi connectivity index (χ0) is 17.7. The molecule has 128 valence electrons. The second-order valence-corrected chi connectivity index (χ2v) is 5.93. The first-order valence-corrected chi connectivity index (χ1v) is 7.81. The van der Waals surface area contributed by atoms with E-state index in [-0.39, 0.29) is 11.5 Å². The highest BCUT2D eigenvalue weighted by molar-refractivity contribution is 5.44. The molecular formula is C20H24O4. The van der Waals surface area contributed by atoms with Crippen molar-refractivity contribution in [2.45, 2.75) is 26.7 Å². The van der Waals surface area contributed by atoms with Crippen molar-refractivity contribution in [2.24, 2.45) is 0 Å². The Morgan fingerprint density at radius 2 is 1.12 bits per heavy atom. The Balaban J connectivity index is 2.16. The van der Waals surface area contributed by atoms with Crippen molar-refractivity contribution in [3.63, 3.8) is 0 Å². The molecule has 2 N–H and O–H groups in total. The molecule has 24 heavy (non-hydrogen) atoms. The SMILES string of the molecule is COc1cc(CC(C)=C(C)Cc2ccc(O)c(OC)c2)ccc1O. The molecule has 0 aliphatic rings. The molecule has 0 atom stereocenters. The first-order valence-electron chi connectivity index (χ1n) is 7.81. The third-order valence-electron chi connectivity index (χ3n) is 4.16. The van der Waals surface area contributed by atoms with Gasteiger partial charge in [-0.05, 0) is 62.1 Å². The molecule has 0 unspecified atom stereocenters. The smallest absolute Gasteiger partial charge is 0.160 e. The van der Waals surface area contributed by atoms with Gasteiger partial charge in [0.05, 0.1) is 14.2 Å². The van der Waals surface area contributed by atoms with Gasteiger partial charge in [-0.15, -0.1) is 0 Å². The Hall–Kier alpha value is -2.62. The van der Waals surface area contributed by atoms with Gasteiger partial charge in [-0.3, -0.25) is 0 Å². The van der Waals surface area contributed by atoms with Crippen LogP contribution in [-0.2, 0) is 12.8 Å². The van der Waals surface area contributed by atoms with Gasteiger partial charge >= 0.3 is 0 Å². The third kappa shape index (κ3) is 4.22. The topological polar surface area (TPSA) is 58.9 Å². The van der Waals surface area contributed by atoms with Crippen molar-refractivity contribution in [1.29, 1.82) is 0 Å². The summed E-state index contributed by atoms with van der Waals surface area (Å²) < 4.78 is 10.3. The lowest BCUT2D eigenvalue weighted by Crippen LogP contribution is -1.96. The molecule has 0 radical (unpaired) electrons. The van der Waals surface area contributed by atoms with Crippen LogP contribution in [0.2, 0.25) is 0 Å². The molecule has 0 aromatic heterocycles. The van der Waals surface area contributed by atoms with Crippen molar-refractivity contribution in [3.8, 4) is 23.0 Å². The average molecular weight is 328 g/mol. The van der Waals surface area contributed by atoms with Crippen LogP contribution in [-0.4, -0.2) is 24.4 Å². The summed E-state index contributed by atoms with van der Waals surface area (Å²) in [4.78, 5) is 0. The molecular weight excluding hydrogens is 304 g/mol. The van der Waals surface area contributed by atoms with Crippen LogP contribution >= 0.6 is 0 Å². The minimum atomic E-state index is 0.149. The zero-order valence-corrected chi connectivity index (χ0v) is 14.6. The van der Waals surface area contributed by atoms with Crippen molar-refractivity contribution in [1.82, 2.24) is 0 Å². The number of phenols is 2. The summed E-state index contributed by atoms with van der Waals surface area (Å²) in [6.07, 6.45) is 1.58. The maximum Gasteiger partial charge on any atom is 0.160 e. The van der Waals surface area contributed by atoms with Gasteiger partial charge in [-0.25, -0.2) is 0 Å². The molecule has 4 nitrogen and oxygen atoms in total. The van der Waals surface area contributed by atoms with Crippen LogP contribution in [0.4, 0.5) is 0 Å². The highest BCUT2D eigenvalue weighted by Crippen LogP contribution is 2.29. The van der Waals surface area contributed by atoms with Crippen LogP contribution in [0, 0.1) is 0 Å². The van der Waals surface area contributed by atoms with Crippen molar-refractivity contribution < 1.29 is 19.7 Å². The normalized spacial score (nSPS) is 11.8. The van der Waals surface area contributed by atoms with Gasteiger partial charge in [0.15, 0.2) is 23.0 Å². The van der Waals surface area contributed by atoms with E-state index in [1.807, 2.05) is 24.3 Å². The summed E-state index contributed by atoms with van der Waals surface area (Å²) in [5.74, 6) is 1.27. The Labute approximate surface area is 143 Å². The molecule has 0 aliphatic carbocycles. The summed E-state index contributed by atoms with van der Waals surface area (Å²) in [5, 5.41) is 19.4. The number of methoxy groups -OCH3 is 2. The average Bonchev–Trinajstić information content (AvgIpc) is 2.58. The van der Waals surface area contributed by atoms with Gasteiger partial charge in [0, 0.05) is 0 Å². The van der Waals surface area contributed by atoms with E-state index in [9.17, 15) is 10.2 Å². The van der Waals surface area contributed by atoms with Crippen LogP contribution in [0.15, 0.2) is 47.5 Å². The fourth-order valence-corrected chi connectivity index (χ4v) is 2.58. The summed E-state index contributed by atoms with van der Waals surface area (Å²) in [6, 6.07) is 10.8. The molecule has 0 aliphatic heterocycles. The van der Waals surface area contributed by atoms with E-state index in [2.05, 4.69) is 13.8 Å². The van der Waals surface area contributed by atoms with E-state index in [0.29, 0.717) is 11.5 Å². The number of phenolic OH excluding ortho intramolecular Hbond substituents is 2. The lowest BCUT2D eigenvalue weighted by atomic mass is 9.97. The quantitative estimate of drug-likeness (QED) is 0.779. The molecule has 4 heteroatoms. The van der Waals surface area contributed by atoms with Gasteiger partial charge in [-0.1, -0.05) is 23.3 Å². The van der Waals surface area contributed by atoms with Gasteiger partial charge in [-0.2, -0.15) is 0 Å². The third-order valence-corrected chi connectivity index (χ3v) is 4.16. The summed E-state index contributed by atoms with van der Waals surface area (Å²) in [7, 11) is 3.09. The molecule has 2 aromatic rings. The summed E-state index contributed by atoms with van der Waals surface area (Å²) in [5.41, 5.74) is 4.69. The summed E-state index contributed by atoms with van der Waals surface area (Å²) in [6.45, 7) is 4.21. The second kappa shape index (κ2) is 7.77. The van der Waals surface area contributed by atoms with E-state index in [0.717, 1.165) is 24.0 Å². The zero-order valence-electron chi connectivity index (χ0n) is 14.6. The van der Waals surface area contributed by atoms with E-state index in [4.69, 9.17) is 9.47 Å². The predicted molar refractivity (Wildman–Crippen MR) is 95.1 cm³/mol. The first-order chi connectivity index (χ1) is 11.4. The van der Waals surface area contributed by atoms with Crippen LogP contribution in [0.5, 0.6) is 23.0 Å². The highest BCUT2D eigenvalue weighted by Gasteiger charge is 2.07. The predicted octanol–water partition coefficient (Wildman–Crippen LogP) is 4.24. The Morgan fingerprint density at radius 3 is 1.46 bits per heavy atom. The number of rotatable bonds is 6. The molecule has 0 saturated heterocycles. The first kappa shape index (κ1) is 17.7. The minimum Gasteiger partial charge on any atom is -0.504 e. The van der Waals surface area contributed by atoms with E-state index in [1.165, 1.54) is 11.1 Å². The van der Waals surface area contributed by atoms with Crippen LogP contribution in [0.1, 0.15) is 25.0 Å². The van der Waals surface area contributed by atoms with Gasteiger partial charge in [0.25, 0.3) is 0 Å². The Kier molecular flexibility index (Phi) is 5.74. The molecule has 0 fully saturated rings. The molecule has 0 bridgehead atoms. The molecule has 0 spiro atoms. The lowest BCUT2D eigenvalue weighted by Gasteiger charge is -2.11. The lowest BCUT2D eigenvalue weighted by molar-refractivity contribution is 0.373. The monoisotopic (exact) mass is 328 g/mol.